The van der Waals surface area contributed by atoms with Crippen molar-refractivity contribution in [2.45, 2.75) is 6.92 Å². The van der Waals surface area contributed by atoms with Gasteiger partial charge < -0.3 is 14.4 Å². The third kappa shape index (κ3) is 4.55. The van der Waals surface area contributed by atoms with Crippen LogP contribution in [0.25, 0.3) is 22.6 Å². The molecule has 3 aromatic carbocycles. The zero-order valence-corrected chi connectivity index (χ0v) is 19.1. The fourth-order valence-electron chi connectivity index (χ4n) is 4.10. The average Bonchev–Trinajstić information content (AvgIpc) is 3.17. The van der Waals surface area contributed by atoms with E-state index in [-0.39, 0.29) is 17.8 Å². The van der Waals surface area contributed by atoms with E-state index < -0.39 is 11.9 Å². The molecule has 1 heterocycles. The lowest BCUT2D eigenvalue weighted by Gasteiger charge is -2.16. The van der Waals surface area contributed by atoms with Crippen LogP contribution in [0.1, 0.15) is 23.6 Å². The van der Waals surface area contributed by atoms with Crippen LogP contribution >= 0.6 is 0 Å². The van der Waals surface area contributed by atoms with Crippen molar-refractivity contribution in [1.29, 1.82) is 0 Å². The maximum absolute atomic E-state index is 13.3. The summed E-state index contributed by atoms with van der Waals surface area (Å²) in [5.41, 5.74) is 3.51. The van der Waals surface area contributed by atoms with E-state index in [1.165, 1.54) is 0 Å². The molecule has 34 heavy (non-hydrogen) atoms. The second-order valence-corrected chi connectivity index (χ2v) is 7.78. The number of carboxylic acids is 1. The average molecular weight is 452 g/mol. The van der Waals surface area contributed by atoms with E-state index in [4.69, 9.17) is 4.74 Å². The summed E-state index contributed by atoms with van der Waals surface area (Å²) in [6, 6.07) is 26.4. The van der Waals surface area contributed by atoms with Crippen LogP contribution in [0, 0.1) is 0 Å². The van der Waals surface area contributed by atoms with Gasteiger partial charge in [-0.3, -0.25) is 0 Å². The Labute approximate surface area is 198 Å². The summed E-state index contributed by atoms with van der Waals surface area (Å²) in [5, 5.41) is 11.2. The number of aryl methyl sites for hydroxylation is 1. The van der Waals surface area contributed by atoms with E-state index in [1.54, 1.807) is 13.0 Å². The van der Waals surface area contributed by atoms with Crippen LogP contribution in [0.2, 0.25) is 0 Å². The van der Waals surface area contributed by atoms with Gasteiger partial charge in [0, 0.05) is 35.3 Å². The molecule has 0 aliphatic carbocycles. The molecule has 5 nitrogen and oxygen atoms in total. The first-order chi connectivity index (χ1) is 16.5. The highest BCUT2D eigenvalue weighted by molar-refractivity contribution is 6.16. The summed E-state index contributed by atoms with van der Waals surface area (Å²) >= 11 is 0. The van der Waals surface area contributed by atoms with Gasteiger partial charge >= 0.3 is 11.9 Å². The molecule has 0 saturated heterocycles. The Hall–Kier alpha value is -4.38. The van der Waals surface area contributed by atoms with Crippen molar-refractivity contribution in [1.82, 2.24) is 4.57 Å². The number of aliphatic carboxylic acids is 1. The molecule has 0 aliphatic heterocycles. The monoisotopic (exact) mass is 451 g/mol. The first-order valence-corrected chi connectivity index (χ1v) is 11.0. The number of carbonyl (C=O) groups excluding carboxylic acids is 1. The highest BCUT2D eigenvalue weighted by Gasteiger charge is 2.28. The predicted molar refractivity (Wildman–Crippen MR) is 134 cm³/mol. The molecule has 0 radical (unpaired) electrons. The summed E-state index contributed by atoms with van der Waals surface area (Å²) < 4.78 is 7.32. The molecule has 0 fully saturated rings. The van der Waals surface area contributed by atoms with E-state index >= 15 is 0 Å². The van der Waals surface area contributed by atoms with Crippen molar-refractivity contribution in [3.05, 3.63) is 119 Å². The maximum atomic E-state index is 13.3. The number of benzene rings is 3. The molecule has 0 unspecified atom stereocenters. The number of nitrogens with zero attached hydrogens (tertiary/aromatic N) is 1. The number of carbonyl (C=O) groups is 2. The number of esters is 1. The van der Waals surface area contributed by atoms with E-state index in [1.807, 2.05) is 103 Å². The molecule has 170 valence electrons. The van der Waals surface area contributed by atoms with Crippen LogP contribution in [0.15, 0.2) is 102 Å². The molecule has 1 aromatic heterocycles. The van der Waals surface area contributed by atoms with Gasteiger partial charge in [0.15, 0.2) is 0 Å². The van der Waals surface area contributed by atoms with Crippen LogP contribution in [-0.4, -0.2) is 28.2 Å². The van der Waals surface area contributed by atoms with Gasteiger partial charge in [-0.05, 0) is 30.2 Å². The van der Waals surface area contributed by atoms with Crippen LogP contribution in [0.5, 0.6) is 0 Å². The van der Waals surface area contributed by atoms with Crippen molar-refractivity contribution < 1.29 is 19.4 Å². The first kappa shape index (κ1) is 22.8. The fourth-order valence-corrected chi connectivity index (χ4v) is 4.10. The molecular formula is C29H25NO4. The Morgan fingerprint density at radius 3 is 2.00 bits per heavy atom. The topological polar surface area (TPSA) is 68.5 Å². The predicted octanol–water partition coefficient (Wildman–Crippen LogP) is 5.71. The van der Waals surface area contributed by atoms with Gasteiger partial charge in [-0.1, -0.05) is 78.9 Å². The second kappa shape index (κ2) is 10.0. The number of rotatable bonds is 7. The normalized spacial score (nSPS) is 11.3. The molecular weight excluding hydrogens is 426 g/mol. The van der Waals surface area contributed by atoms with E-state index in [2.05, 4.69) is 0 Å². The zero-order chi connectivity index (χ0) is 24.1. The zero-order valence-electron chi connectivity index (χ0n) is 19.1. The SMILES string of the molecule is CCOC(=O)C(=C(c1ccccc1)c1ccccc1)/C(=C/c1cn(C)c2ccccc12)C(=O)O. The number of carboxylic acid groups (broad SMARTS) is 1. The van der Waals surface area contributed by atoms with Gasteiger partial charge in [-0.15, -0.1) is 0 Å². The molecule has 0 saturated carbocycles. The Morgan fingerprint density at radius 2 is 1.44 bits per heavy atom. The lowest BCUT2D eigenvalue weighted by Crippen LogP contribution is -2.17. The van der Waals surface area contributed by atoms with Crippen LogP contribution in [-0.2, 0) is 21.4 Å². The van der Waals surface area contributed by atoms with Gasteiger partial charge in [0.1, 0.15) is 0 Å². The van der Waals surface area contributed by atoms with Crippen molar-refractivity contribution in [3.8, 4) is 0 Å². The summed E-state index contributed by atoms with van der Waals surface area (Å²) in [6.45, 7) is 1.83. The van der Waals surface area contributed by atoms with Gasteiger partial charge in [0.25, 0.3) is 0 Å². The van der Waals surface area contributed by atoms with Crippen LogP contribution in [0.4, 0.5) is 0 Å². The summed E-state index contributed by atoms with van der Waals surface area (Å²) in [5.74, 6) is -1.89. The number of para-hydroxylation sites is 1. The smallest absolute Gasteiger partial charge is 0.339 e. The lowest BCUT2D eigenvalue weighted by atomic mass is 9.88. The Morgan fingerprint density at radius 1 is 0.882 bits per heavy atom. The maximum Gasteiger partial charge on any atom is 0.339 e. The molecule has 0 spiro atoms. The van der Waals surface area contributed by atoms with Gasteiger partial charge in [0.05, 0.1) is 17.8 Å². The summed E-state index contributed by atoms with van der Waals surface area (Å²) in [6.07, 6.45) is 3.42. The Bertz CT molecular complexity index is 1350. The third-order valence-corrected chi connectivity index (χ3v) is 5.58. The molecule has 0 aliphatic rings. The summed E-state index contributed by atoms with van der Waals surface area (Å²) in [4.78, 5) is 26.0. The largest absolute Gasteiger partial charge is 0.478 e. The molecule has 0 bridgehead atoms. The Balaban J connectivity index is 2.08. The molecule has 5 heteroatoms. The standard InChI is InChI=1S/C29H25NO4/c1-3-34-29(33)27(26(20-12-6-4-7-13-20)21-14-8-5-9-15-21)24(28(31)32)18-22-19-30(2)25-17-11-10-16-23(22)25/h4-19H,3H2,1-2H3,(H,31,32)/b24-18-. The van der Waals surface area contributed by atoms with E-state index in [0.717, 1.165) is 22.0 Å². The van der Waals surface area contributed by atoms with Crippen molar-refractivity contribution in [2.75, 3.05) is 6.61 Å². The van der Waals surface area contributed by atoms with Crippen molar-refractivity contribution in [2.24, 2.45) is 7.05 Å². The van der Waals surface area contributed by atoms with Gasteiger partial charge in [0.2, 0.25) is 0 Å². The minimum absolute atomic E-state index is 0.0136. The summed E-state index contributed by atoms with van der Waals surface area (Å²) in [7, 11) is 1.90. The number of hydrogen-bond acceptors (Lipinski definition) is 3. The number of hydrogen-bond donors (Lipinski definition) is 1. The first-order valence-electron chi connectivity index (χ1n) is 11.0. The van der Waals surface area contributed by atoms with Gasteiger partial charge in [-0.25, -0.2) is 9.59 Å². The minimum Gasteiger partial charge on any atom is -0.478 e. The quantitative estimate of drug-likeness (QED) is 0.222. The molecule has 1 N–H and O–H groups in total. The molecule has 4 rings (SSSR count). The number of fused-ring (bicyclic) bond motifs is 1. The third-order valence-electron chi connectivity index (χ3n) is 5.58. The van der Waals surface area contributed by atoms with Crippen LogP contribution in [0.3, 0.4) is 0 Å². The van der Waals surface area contributed by atoms with E-state index in [0.29, 0.717) is 11.1 Å². The van der Waals surface area contributed by atoms with Crippen molar-refractivity contribution >= 4 is 34.5 Å². The Kier molecular flexibility index (Phi) is 6.74. The minimum atomic E-state index is -1.21. The fraction of sp³-hybridized carbons (Fsp3) is 0.103. The van der Waals surface area contributed by atoms with Crippen molar-refractivity contribution in [3.63, 3.8) is 0 Å². The number of aromatic nitrogens is 1. The highest BCUT2D eigenvalue weighted by Crippen LogP contribution is 2.33. The lowest BCUT2D eigenvalue weighted by molar-refractivity contribution is -0.140. The van der Waals surface area contributed by atoms with Gasteiger partial charge in [-0.2, -0.15) is 0 Å². The van der Waals surface area contributed by atoms with E-state index in [9.17, 15) is 14.7 Å². The number of ether oxygens (including phenoxy) is 1. The highest BCUT2D eigenvalue weighted by atomic mass is 16.5. The van der Waals surface area contributed by atoms with Crippen LogP contribution < -0.4 is 0 Å². The molecule has 4 aromatic rings. The second-order valence-electron chi connectivity index (χ2n) is 7.78. The molecule has 0 atom stereocenters. The molecule has 0 amide bonds.